The van der Waals surface area contributed by atoms with Gasteiger partial charge in [0.15, 0.2) is 0 Å². The number of non-ortho nitro benzene ring substituents is 1. The zero-order chi connectivity index (χ0) is 12.8. The van der Waals surface area contributed by atoms with Gasteiger partial charge in [-0.1, -0.05) is 0 Å². The van der Waals surface area contributed by atoms with Crippen molar-refractivity contribution in [3.63, 3.8) is 0 Å². The van der Waals surface area contributed by atoms with Crippen LogP contribution in [0.2, 0.25) is 0 Å². The Bertz CT molecular complexity index is 400. The molecule has 0 radical (unpaired) electrons. The standard InChI is InChI=1S/C10H13BrN2O4/c1-12-5-8(14)6-17-10-4-7(13(15)16)2-3-9(10)11/h2-4,8,12,14H,5-6H2,1H3. The lowest BCUT2D eigenvalue weighted by molar-refractivity contribution is -0.385. The lowest BCUT2D eigenvalue weighted by atomic mass is 10.3. The number of benzene rings is 1. The van der Waals surface area contributed by atoms with Gasteiger partial charge in [0.2, 0.25) is 0 Å². The van der Waals surface area contributed by atoms with Crippen LogP contribution in [-0.2, 0) is 0 Å². The second-order valence-corrected chi connectivity index (χ2v) is 4.25. The van der Waals surface area contributed by atoms with Crippen molar-refractivity contribution in [2.75, 3.05) is 20.2 Å². The van der Waals surface area contributed by atoms with Crippen LogP contribution in [0.25, 0.3) is 0 Å². The number of halogens is 1. The number of aliphatic hydroxyl groups is 1. The molecule has 0 saturated carbocycles. The first-order valence-electron chi connectivity index (χ1n) is 4.94. The molecule has 0 aromatic heterocycles. The van der Waals surface area contributed by atoms with Gasteiger partial charge >= 0.3 is 0 Å². The summed E-state index contributed by atoms with van der Waals surface area (Å²) >= 11 is 3.22. The van der Waals surface area contributed by atoms with E-state index in [0.29, 0.717) is 16.8 Å². The first-order valence-corrected chi connectivity index (χ1v) is 5.73. The third kappa shape index (κ3) is 4.29. The van der Waals surface area contributed by atoms with E-state index in [0.717, 1.165) is 0 Å². The maximum absolute atomic E-state index is 10.6. The van der Waals surface area contributed by atoms with Gasteiger partial charge in [0, 0.05) is 12.6 Å². The normalized spacial score (nSPS) is 12.2. The van der Waals surface area contributed by atoms with E-state index in [4.69, 9.17) is 4.74 Å². The van der Waals surface area contributed by atoms with Crippen LogP contribution in [0.3, 0.4) is 0 Å². The number of aliphatic hydroxyl groups excluding tert-OH is 1. The highest BCUT2D eigenvalue weighted by molar-refractivity contribution is 9.10. The predicted octanol–water partition coefficient (Wildman–Crippen LogP) is 1.32. The molecule has 6 nitrogen and oxygen atoms in total. The van der Waals surface area contributed by atoms with E-state index < -0.39 is 11.0 Å². The summed E-state index contributed by atoms with van der Waals surface area (Å²) < 4.78 is 5.91. The van der Waals surface area contributed by atoms with Crippen molar-refractivity contribution in [1.82, 2.24) is 5.32 Å². The van der Waals surface area contributed by atoms with Crippen molar-refractivity contribution in [3.05, 3.63) is 32.8 Å². The Kier molecular flexibility index (Phi) is 5.33. The Morgan fingerprint density at radius 2 is 2.35 bits per heavy atom. The first kappa shape index (κ1) is 13.9. The van der Waals surface area contributed by atoms with E-state index in [1.807, 2.05) is 0 Å². The second kappa shape index (κ2) is 6.53. The Labute approximate surface area is 107 Å². The van der Waals surface area contributed by atoms with Gasteiger partial charge in [-0.25, -0.2) is 0 Å². The number of nitro groups is 1. The van der Waals surface area contributed by atoms with E-state index in [9.17, 15) is 15.2 Å². The molecule has 0 saturated heterocycles. The Hall–Kier alpha value is -1.18. The van der Waals surface area contributed by atoms with Crippen LogP contribution < -0.4 is 10.1 Å². The molecule has 0 aliphatic heterocycles. The minimum absolute atomic E-state index is 0.0497. The van der Waals surface area contributed by atoms with E-state index >= 15 is 0 Å². The summed E-state index contributed by atoms with van der Waals surface area (Å²) in [5.41, 5.74) is -0.0497. The van der Waals surface area contributed by atoms with Crippen molar-refractivity contribution >= 4 is 21.6 Å². The lowest BCUT2D eigenvalue weighted by Gasteiger charge is -2.12. The number of nitrogens with one attached hydrogen (secondary N) is 1. The molecule has 1 unspecified atom stereocenters. The largest absolute Gasteiger partial charge is 0.489 e. The molecule has 0 fully saturated rings. The fraction of sp³-hybridized carbons (Fsp3) is 0.400. The van der Waals surface area contributed by atoms with Crippen LogP contribution in [-0.4, -0.2) is 36.3 Å². The van der Waals surface area contributed by atoms with Crippen molar-refractivity contribution in [1.29, 1.82) is 0 Å². The Balaban J connectivity index is 2.69. The Morgan fingerprint density at radius 1 is 1.65 bits per heavy atom. The third-order valence-corrected chi connectivity index (χ3v) is 2.65. The van der Waals surface area contributed by atoms with Crippen molar-refractivity contribution in [3.8, 4) is 5.75 Å². The number of likely N-dealkylation sites (N-methyl/N-ethyl adjacent to an activating group) is 1. The summed E-state index contributed by atoms with van der Waals surface area (Å²) in [6.45, 7) is 0.465. The maximum Gasteiger partial charge on any atom is 0.273 e. The molecule has 17 heavy (non-hydrogen) atoms. The highest BCUT2D eigenvalue weighted by Crippen LogP contribution is 2.29. The SMILES string of the molecule is CNCC(O)COc1cc([N+](=O)[O-])ccc1Br. The van der Waals surface area contributed by atoms with Gasteiger partial charge in [0.25, 0.3) is 5.69 Å². The number of nitrogens with zero attached hydrogens (tertiary/aromatic N) is 1. The average Bonchev–Trinajstić information content (AvgIpc) is 2.28. The van der Waals surface area contributed by atoms with Crippen LogP contribution in [0, 0.1) is 10.1 Å². The van der Waals surface area contributed by atoms with Gasteiger partial charge in [-0.15, -0.1) is 0 Å². The molecule has 0 aliphatic rings. The van der Waals surface area contributed by atoms with Gasteiger partial charge < -0.3 is 15.2 Å². The maximum atomic E-state index is 10.6. The highest BCUT2D eigenvalue weighted by atomic mass is 79.9. The van der Waals surface area contributed by atoms with Gasteiger partial charge in [-0.3, -0.25) is 10.1 Å². The lowest BCUT2D eigenvalue weighted by Crippen LogP contribution is -2.29. The summed E-state index contributed by atoms with van der Waals surface area (Å²) in [4.78, 5) is 10.1. The van der Waals surface area contributed by atoms with Crippen molar-refractivity contribution in [2.45, 2.75) is 6.10 Å². The third-order valence-electron chi connectivity index (χ3n) is 2.00. The van der Waals surface area contributed by atoms with Crippen LogP contribution in [0.4, 0.5) is 5.69 Å². The van der Waals surface area contributed by atoms with E-state index in [2.05, 4.69) is 21.2 Å². The topological polar surface area (TPSA) is 84.6 Å². The van der Waals surface area contributed by atoms with E-state index in [1.165, 1.54) is 18.2 Å². The minimum Gasteiger partial charge on any atom is -0.489 e. The number of hydrogen-bond acceptors (Lipinski definition) is 5. The molecule has 0 heterocycles. The molecule has 0 aliphatic carbocycles. The molecular formula is C10H13BrN2O4. The highest BCUT2D eigenvalue weighted by Gasteiger charge is 2.12. The van der Waals surface area contributed by atoms with Crippen molar-refractivity contribution in [2.24, 2.45) is 0 Å². The second-order valence-electron chi connectivity index (χ2n) is 3.39. The van der Waals surface area contributed by atoms with Crippen LogP contribution >= 0.6 is 15.9 Å². The quantitative estimate of drug-likeness (QED) is 0.611. The molecule has 1 aromatic rings. The summed E-state index contributed by atoms with van der Waals surface area (Å²) in [6, 6.07) is 4.23. The molecule has 0 bridgehead atoms. The van der Waals surface area contributed by atoms with E-state index in [-0.39, 0.29) is 12.3 Å². The van der Waals surface area contributed by atoms with Crippen LogP contribution in [0.1, 0.15) is 0 Å². The fourth-order valence-corrected chi connectivity index (χ4v) is 1.56. The number of hydrogen-bond donors (Lipinski definition) is 2. The molecule has 0 amide bonds. The molecule has 1 atom stereocenters. The smallest absolute Gasteiger partial charge is 0.273 e. The van der Waals surface area contributed by atoms with Gasteiger partial charge in [0.1, 0.15) is 18.5 Å². The van der Waals surface area contributed by atoms with Crippen LogP contribution in [0.15, 0.2) is 22.7 Å². The zero-order valence-corrected chi connectivity index (χ0v) is 10.8. The molecule has 1 aromatic carbocycles. The van der Waals surface area contributed by atoms with Gasteiger partial charge in [0.05, 0.1) is 15.5 Å². The first-order chi connectivity index (χ1) is 8.04. The molecule has 1 rings (SSSR count). The van der Waals surface area contributed by atoms with Gasteiger partial charge in [-0.2, -0.15) is 0 Å². The summed E-state index contributed by atoms with van der Waals surface area (Å²) in [5.74, 6) is 0.342. The predicted molar refractivity (Wildman–Crippen MR) is 66.2 cm³/mol. The van der Waals surface area contributed by atoms with Crippen LogP contribution in [0.5, 0.6) is 5.75 Å². The molecule has 0 spiro atoms. The molecule has 7 heteroatoms. The molecule has 94 valence electrons. The Morgan fingerprint density at radius 3 is 2.94 bits per heavy atom. The monoisotopic (exact) mass is 304 g/mol. The summed E-state index contributed by atoms with van der Waals surface area (Å²) in [5, 5.41) is 22.8. The number of ether oxygens (including phenoxy) is 1. The number of rotatable bonds is 6. The summed E-state index contributed by atoms with van der Waals surface area (Å²) in [7, 11) is 1.71. The fourth-order valence-electron chi connectivity index (χ4n) is 1.20. The number of nitro benzene ring substituents is 1. The van der Waals surface area contributed by atoms with Gasteiger partial charge in [-0.05, 0) is 29.0 Å². The molecular weight excluding hydrogens is 292 g/mol. The average molecular weight is 305 g/mol. The molecule has 2 N–H and O–H groups in total. The van der Waals surface area contributed by atoms with Crippen molar-refractivity contribution < 1.29 is 14.8 Å². The minimum atomic E-state index is -0.661. The zero-order valence-electron chi connectivity index (χ0n) is 9.22. The summed E-state index contributed by atoms with van der Waals surface area (Å²) in [6.07, 6.45) is -0.661. The van der Waals surface area contributed by atoms with E-state index in [1.54, 1.807) is 7.05 Å².